The number of hydrogen-bond donors (Lipinski definition) is 2. The lowest BCUT2D eigenvalue weighted by Gasteiger charge is -2.23. The summed E-state index contributed by atoms with van der Waals surface area (Å²) in [5, 5.41) is 26.5. The van der Waals surface area contributed by atoms with Gasteiger partial charge in [0.2, 0.25) is 5.95 Å². The number of imidazole rings is 1. The quantitative estimate of drug-likeness (QED) is 0.530. The number of rotatable bonds is 5. The van der Waals surface area contributed by atoms with E-state index in [1.54, 1.807) is 23.0 Å². The molecular weight excluding hydrogens is 380 g/mol. The Morgan fingerprint density at radius 3 is 2.90 bits per heavy atom. The molecule has 0 spiro atoms. The first-order valence-electron chi connectivity index (χ1n) is 9.79. The van der Waals surface area contributed by atoms with Crippen LogP contribution in [0, 0.1) is 11.3 Å². The number of benzene rings is 1. The maximum absolute atomic E-state index is 9.67. The molecule has 1 atom stereocenters. The highest BCUT2D eigenvalue weighted by Crippen LogP contribution is 2.26. The van der Waals surface area contributed by atoms with E-state index in [2.05, 4.69) is 26.4 Å². The zero-order chi connectivity index (χ0) is 20.5. The van der Waals surface area contributed by atoms with Crippen molar-refractivity contribution in [3.05, 3.63) is 60.7 Å². The van der Waals surface area contributed by atoms with Crippen LogP contribution in [0.15, 0.2) is 55.1 Å². The summed E-state index contributed by atoms with van der Waals surface area (Å²) in [5.74, 6) is 1.88. The standard InChI is InChI=1S/C21H20N8O/c22-11-15-5-7-16(8-6-15)27-12-19(23-14-27)24-20-18-4-2-10-29(18)26-21(25-20)28-9-1-3-17(28)13-30/h2,4-8,10,12,14,17,30H,1,3,9,13H2,(H,24,25,26)/t17-/m0/s1. The van der Waals surface area contributed by atoms with Crippen molar-refractivity contribution in [3.8, 4) is 11.8 Å². The van der Waals surface area contributed by atoms with Gasteiger partial charge < -0.3 is 19.9 Å². The topological polar surface area (TPSA) is 107 Å². The molecule has 1 aromatic carbocycles. The van der Waals surface area contributed by atoms with E-state index in [1.165, 1.54) is 0 Å². The Morgan fingerprint density at radius 2 is 2.10 bits per heavy atom. The summed E-state index contributed by atoms with van der Waals surface area (Å²) < 4.78 is 3.66. The Kier molecular flexibility index (Phi) is 4.53. The lowest BCUT2D eigenvalue weighted by atomic mass is 10.2. The number of anilines is 3. The number of nitrogens with zero attached hydrogens (tertiary/aromatic N) is 7. The van der Waals surface area contributed by atoms with Crippen LogP contribution < -0.4 is 10.2 Å². The van der Waals surface area contributed by atoms with Crippen molar-refractivity contribution in [2.24, 2.45) is 0 Å². The van der Waals surface area contributed by atoms with Crippen molar-refractivity contribution in [2.75, 3.05) is 23.4 Å². The monoisotopic (exact) mass is 400 g/mol. The van der Waals surface area contributed by atoms with Gasteiger partial charge in [-0.05, 0) is 49.2 Å². The highest BCUT2D eigenvalue weighted by Gasteiger charge is 2.27. The highest BCUT2D eigenvalue weighted by molar-refractivity contribution is 5.73. The molecule has 9 heteroatoms. The van der Waals surface area contributed by atoms with E-state index in [1.807, 2.05) is 41.2 Å². The molecule has 0 aliphatic carbocycles. The van der Waals surface area contributed by atoms with Gasteiger partial charge in [-0.15, -0.1) is 5.10 Å². The molecule has 150 valence electrons. The molecule has 0 amide bonds. The Labute approximate surface area is 172 Å². The molecule has 2 N–H and O–H groups in total. The maximum Gasteiger partial charge on any atom is 0.245 e. The predicted molar refractivity (Wildman–Crippen MR) is 112 cm³/mol. The number of aliphatic hydroxyl groups excluding tert-OH is 1. The molecule has 0 unspecified atom stereocenters. The fraction of sp³-hybridized carbons (Fsp3) is 0.238. The second-order valence-electron chi connectivity index (χ2n) is 7.22. The Bertz CT molecular complexity index is 1220. The van der Waals surface area contributed by atoms with Gasteiger partial charge in [-0.3, -0.25) is 0 Å². The van der Waals surface area contributed by atoms with Crippen LogP contribution >= 0.6 is 0 Å². The van der Waals surface area contributed by atoms with Crippen LogP contribution in [0.4, 0.5) is 17.6 Å². The second-order valence-corrected chi connectivity index (χ2v) is 7.22. The van der Waals surface area contributed by atoms with Crippen LogP contribution in [0.5, 0.6) is 0 Å². The van der Waals surface area contributed by atoms with Crippen molar-refractivity contribution in [3.63, 3.8) is 0 Å². The van der Waals surface area contributed by atoms with Crippen LogP contribution in [0.1, 0.15) is 18.4 Å². The molecular formula is C21H20N8O. The van der Waals surface area contributed by atoms with Crippen LogP contribution in [-0.2, 0) is 0 Å². The third kappa shape index (κ3) is 3.23. The van der Waals surface area contributed by atoms with Crippen LogP contribution in [0.25, 0.3) is 11.2 Å². The molecule has 30 heavy (non-hydrogen) atoms. The molecule has 5 rings (SSSR count). The Balaban J connectivity index is 1.46. The Morgan fingerprint density at radius 1 is 1.23 bits per heavy atom. The number of fused-ring (bicyclic) bond motifs is 1. The van der Waals surface area contributed by atoms with Crippen LogP contribution in [0.2, 0.25) is 0 Å². The molecule has 0 saturated carbocycles. The van der Waals surface area contributed by atoms with E-state index in [9.17, 15) is 5.11 Å². The molecule has 4 aromatic rings. The number of aromatic nitrogens is 5. The number of nitrogens with one attached hydrogen (secondary N) is 1. The lowest BCUT2D eigenvalue weighted by Crippen LogP contribution is -2.34. The first-order valence-corrected chi connectivity index (χ1v) is 9.79. The van der Waals surface area contributed by atoms with Gasteiger partial charge >= 0.3 is 0 Å². The van der Waals surface area contributed by atoms with Crippen molar-refractivity contribution in [1.82, 2.24) is 24.1 Å². The summed E-state index contributed by atoms with van der Waals surface area (Å²) in [6, 6.07) is 13.3. The SMILES string of the molecule is N#Cc1ccc(-n2cnc(Nc3nc(N4CCC[C@H]4CO)nn4cccc34)c2)cc1. The number of hydrogen-bond acceptors (Lipinski definition) is 7. The van der Waals surface area contributed by atoms with Gasteiger partial charge in [0.25, 0.3) is 0 Å². The molecule has 0 bridgehead atoms. The molecule has 1 aliphatic heterocycles. The molecule has 1 saturated heterocycles. The summed E-state index contributed by atoms with van der Waals surface area (Å²) in [7, 11) is 0. The smallest absolute Gasteiger partial charge is 0.245 e. The summed E-state index contributed by atoms with van der Waals surface area (Å²) >= 11 is 0. The second kappa shape index (κ2) is 7.50. The van der Waals surface area contributed by atoms with Gasteiger partial charge in [0.15, 0.2) is 5.82 Å². The minimum atomic E-state index is 0.0430. The van der Waals surface area contributed by atoms with Gasteiger partial charge in [0.1, 0.15) is 17.7 Å². The average molecular weight is 400 g/mol. The molecule has 9 nitrogen and oxygen atoms in total. The zero-order valence-electron chi connectivity index (χ0n) is 16.2. The van der Waals surface area contributed by atoms with Gasteiger partial charge in [0, 0.05) is 18.4 Å². The van der Waals surface area contributed by atoms with E-state index in [-0.39, 0.29) is 12.6 Å². The number of aliphatic hydroxyl groups is 1. The first kappa shape index (κ1) is 18.1. The predicted octanol–water partition coefficient (Wildman–Crippen LogP) is 2.49. The molecule has 4 heterocycles. The summed E-state index contributed by atoms with van der Waals surface area (Å²) in [6.07, 6.45) is 7.40. The lowest BCUT2D eigenvalue weighted by molar-refractivity contribution is 0.265. The molecule has 3 aromatic heterocycles. The summed E-state index contributed by atoms with van der Waals surface area (Å²) in [6.45, 7) is 0.912. The fourth-order valence-electron chi connectivity index (χ4n) is 3.78. The summed E-state index contributed by atoms with van der Waals surface area (Å²) in [4.78, 5) is 11.2. The third-order valence-corrected chi connectivity index (χ3v) is 5.35. The molecule has 0 radical (unpaired) electrons. The van der Waals surface area contributed by atoms with E-state index in [4.69, 9.17) is 10.2 Å². The van der Waals surface area contributed by atoms with Crippen LogP contribution in [0.3, 0.4) is 0 Å². The fourth-order valence-corrected chi connectivity index (χ4v) is 3.78. The van der Waals surface area contributed by atoms with E-state index in [0.717, 1.165) is 30.6 Å². The van der Waals surface area contributed by atoms with E-state index >= 15 is 0 Å². The summed E-state index contributed by atoms with van der Waals surface area (Å²) in [5.41, 5.74) is 2.37. The average Bonchev–Trinajstić information content (AvgIpc) is 3.53. The maximum atomic E-state index is 9.67. The van der Waals surface area contributed by atoms with E-state index < -0.39 is 0 Å². The zero-order valence-corrected chi connectivity index (χ0v) is 16.2. The van der Waals surface area contributed by atoms with Gasteiger partial charge in [0.05, 0.1) is 30.5 Å². The number of nitriles is 1. The van der Waals surface area contributed by atoms with Crippen molar-refractivity contribution in [1.29, 1.82) is 5.26 Å². The third-order valence-electron chi connectivity index (χ3n) is 5.35. The van der Waals surface area contributed by atoms with Crippen molar-refractivity contribution in [2.45, 2.75) is 18.9 Å². The van der Waals surface area contributed by atoms with Gasteiger partial charge in [-0.2, -0.15) is 10.2 Å². The Hall–Kier alpha value is -3.90. The van der Waals surface area contributed by atoms with Crippen molar-refractivity contribution >= 4 is 23.1 Å². The van der Waals surface area contributed by atoms with Crippen molar-refractivity contribution < 1.29 is 5.11 Å². The van der Waals surface area contributed by atoms with E-state index in [0.29, 0.717) is 23.1 Å². The van der Waals surface area contributed by atoms with Gasteiger partial charge in [-0.1, -0.05) is 0 Å². The normalized spacial score (nSPS) is 16.1. The van der Waals surface area contributed by atoms with Gasteiger partial charge in [-0.25, -0.2) is 9.50 Å². The minimum absolute atomic E-state index is 0.0430. The minimum Gasteiger partial charge on any atom is -0.394 e. The highest BCUT2D eigenvalue weighted by atomic mass is 16.3. The molecule has 1 aliphatic rings. The first-order chi connectivity index (χ1) is 14.7. The molecule has 1 fully saturated rings. The largest absolute Gasteiger partial charge is 0.394 e. The van der Waals surface area contributed by atoms with Crippen LogP contribution in [-0.4, -0.2) is 48.4 Å².